The van der Waals surface area contributed by atoms with Gasteiger partial charge in [0, 0.05) is 23.2 Å². The number of aryl methyl sites for hydroxylation is 1. The molecule has 1 aliphatic rings. The molecule has 1 N–H and O–H groups in total. The van der Waals surface area contributed by atoms with Gasteiger partial charge in [-0.15, -0.1) is 0 Å². The molecule has 1 aromatic carbocycles. The molecule has 0 atom stereocenters. The van der Waals surface area contributed by atoms with Crippen molar-refractivity contribution in [2.45, 2.75) is 38.6 Å². The molecule has 0 unspecified atom stereocenters. The van der Waals surface area contributed by atoms with Gasteiger partial charge in [0.25, 0.3) is 11.6 Å². The van der Waals surface area contributed by atoms with Crippen molar-refractivity contribution in [1.29, 1.82) is 0 Å². The van der Waals surface area contributed by atoms with Crippen LogP contribution in [-0.4, -0.2) is 16.9 Å². The highest BCUT2D eigenvalue weighted by Gasteiger charge is 2.19. The molecule has 0 saturated heterocycles. The van der Waals surface area contributed by atoms with Crippen molar-refractivity contribution in [2.24, 2.45) is 0 Å². The fraction of sp³-hybridized carbons (Fsp3) is 0.462. The number of hydrogen-bond donors (Lipinski definition) is 1. The van der Waals surface area contributed by atoms with Crippen LogP contribution in [0.1, 0.15) is 41.6 Å². The average molecular weight is 248 g/mol. The van der Waals surface area contributed by atoms with Gasteiger partial charge >= 0.3 is 0 Å². The largest absolute Gasteiger partial charge is 0.349 e. The van der Waals surface area contributed by atoms with Gasteiger partial charge in [-0.2, -0.15) is 0 Å². The molecule has 0 heterocycles. The van der Waals surface area contributed by atoms with Gasteiger partial charge in [0.15, 0.2) is 0 Å². The number of amides is 1. The van der Waals surface area contributed by atoms with Gasteiger partial charge in [0.2, 0.25) is 0 Å². The quantitative estimate of drug-likeness (QED) is 0.660. The summed E-state index contributed by atoms with van der Waals surface area (Å²) in [6.45, 7) is 1.64. The van der Waals surface area contributed by atoms with Crippen LogP contribution in [0.4, 0.5) is 5.69 Å². The Morgan fingerprint density at radius 2 is 2.06 bits per heavy atom. The van der Waals surface area contributed by atoms with E-state index in [4.69, 9.17) is 0 Å². The number of nitrogens with one attached hydrogen (secondary N) is 1. The number of rotatable bonds is 3. The number of carbonyl (C=O) groups excluding carboxylic acids is 1. The zero-order chi connectivity index (χ0) is 13.1. The van der Waals surface area contributed by atoms with Crippen molar-refractivity contribution >= 4 is 11.6 Å². The lowest BCUT2D eigenvalue weighted by Crippen LogP contribution is -2.32. The average Bonchev–Trinajstić information content (AvgIpc) is 2.81. The lowest BCUT2D eigenvalue weighted by Gasteiger charge is -2.12. The number of nitro benzene ring substituents is 1. The third-order valence-electron chi connectivity index (χ3n) is 3.35. The van der Waals surface area contributed by atoms with Crippen LogP contribution < -0.4 is 5.32 Å². The van der Waals surface area contributed by atoms with Crippen LogP contribution in [0.3, 0.4) is 0 Å². The van der Waals surface area contributed by atoms with Gasteiger partial charge in [0.05, 0.1) is 4.92 Å². The summed E-state index contributed by atoms with van der Waals surface area (Å²) in [7, 11) is 0. The molecule has 0 radical (unpaired) electrons. The fourth-order valence-electron chi connectivity index (χ4n) is 2.34. The van der Waals surface area contributed by atoms with E-state index in [0.29, 0.717) is 11.1 Å². The summed E-state index contributed by atoms with van der Waals surface area (Å²) in [5, 5.41) is 13.6. The number of benzene rings is 1. The molecule has 1 amide bonds. The number of hydrogen-bond acceptors (Lipinski definition) is 3. The third-order valence-corrected chi connectivity index (χ3v) is 3.35. The van der Waals surface area contributed by atoms with E-state index >= 15 is 0 Å². The minimum absolute atomic E-state index is 0.0485. The summed E-state index contributed by atoms with van der Waals surface area (Å²) >= 11 is 0. The lowest BCUT2D eigenvalue weighted by molar-refractivity contribution is -0.385. The summed E-state index contributed by atoms with van der Waals surface area (Å²) in [5.74, 6) is -0.139. The molecule has 0 bridgehead atoms. The maximum Gasteiger partial charge on any atom is 0.272 e. The van der Waals surface area contributed by atoms with E-state index < -0.39 is 4.92 Å². The monoisotopic (exact) mass is 248 g/mol. The van der Waals surface area contributed by atoms with Crippen LogP contribution in [0.2, 0.25) is 0 Å². The van der Waals surface area contributed by atoms with Crippen LogP contribution in [0, 0.1) is 17.0 Å². The summed E-state index contributed by atoms with van der Waals surface area (Å²) in [6, 6.07) is 4.73. The van der Waals surface area contributed by atoms with Crippen LogP contribution in [0.5, 0.6) is 0 Å². The molecule has 0 spiro atoms. The minimum atomic E-state index is -0.437. The molecule has 5 heteroatoms. The Morgan fingerprint density at radius 1 is 1.39 bits per heavy atom. The molecule has 2 rings (SSSR count). The molecule has 0 aliphatic heterocycles. The molecule has 1 aromatic rings. The summed E-state index contributed by atoms with van der Waals surface area (Å²) in [6.07, 6.45) is 4.36. The first-order valence-electron chi connectivity index (χ1n) is 6.14. The predicted octanol–water partition coefficient (Wildman–Crippen LogP) is 2.58. The van der Waals surface area contributed by atoms with Crippen LogP contribution >= 0.6 is 0 Å². The molecule has 1 aliphatic carbocycles. The number of carbonyl (C=O) groups is 1. The molecule has 1 saturated carbocycles. The summed E-state index contributed by atoms with van der Waals surface area (Å²) < 4.78 is 0. The van der Waals surface area contributed by atoms with E-state index in [2.05, 4.69) is 5.32 Å². The van der Waals surface area contributed by atoms with Crippen molar-refractivity contribution in [3.8, 4) is 0 Å². The highest BCUT2D eigenvalue weighted by Crippen LogP contribution is 2.21. The fourth-order valence-corrected chi connectivity index (χ4v) is 2.34. The highest BCUT2D eigenvalue weighted by atomic mass is 16.6. The molecular formula is C13H16N2O3. The van der Waals surface area contributed by atoms with Gasteiger partial charge in [-0.05, 0) is 31.9 Å². The van der Waals surface area contributed by atoms with Crippen molar-refractivity contribution in [2.75, 3.05) is 0 Å². The van der Waals surface area contributed by atoms with Crippen molar-refractivity contribution < 1.29 is 9.72 Å². The maximum atomic E-state index is 12.0. The normalized spacial score (nSPS) is 15.6. The van der Waals surface area contributed by atoms with Crippen molar-refractivity contribution in [3.63, 3.8) is 0 Å². The molecule has 96 valence electrons. The van der Waals surface area contributed by atoms with Crippen LogP contribution in [0.25, 0.3) is 0 Å². The number of nitrogens with zero attached hydrogens (tertiary/aromatic N) is 1. The molecule has 18 heavy (non-hydrogen) atoms. The Labute approximate surface area is 105 Å². The summed E-state index contributed by atoms with van der Waals surface area (Å²) in [5.41, 5.74) is 1.05. The molecule has 1 fully saturated rings. The smallest absolute Gasteiger partial charge is 0.272 e. The van der Waals surface area contributed by atoms with Gasteiger partial charge in [0.1, 0.15) is 0 Å². The second-order valence-electron chi connectivity index (χ2n) is 4.71. The highest BCUT2D eigenvalue weighted by molar-refractivity contribution is 5.94. The van der Waals surface area contributed by atoms with Gasteiger partial charge in [-0.1, -0.05) is 12.8 Å². The second kappa shape index (κ2) is 5.16. The van der Waals surface area contributed by atoms with Crippen LogP contribution in [0.15, 0.2) is 18.2 Å². The minimum Gasteiger partial charge on any atom is -0.349 e. The van der Waals surface area contributed by atoms with E-state index in [-0.39, 0.29) is 17.6 Å². The molecular weight excluding hydrogens is 232 g/mol. The first-order valence-corrected chi connectivity index (χ1v) is 6.14. The van der Waals surface area contributed by atoms with E-state index in [1.165, 1.54) is 12.1 Å². The maximum absolute atomic E-state index is 12.0. The Hall–Kier alpha value is -1.91. The Balaban J connectivity index is 2.10. The Morgan fingerprint density at radius 3 is 2.61 bits per heavy atom. The zero-order valence-corrected chi connectivity index (χ0v) is 10.3. The molecule has 5 nitrogen and oxygen atoms in total. The Kier molecular flexibility index (Phi) is 3.60. The van der Waals surface area contributed by atoms with Crippen LogP contribution in [-0.2, 0) is 0 Å². The SMILES string of the molecule is Cc1cc(C(=O)NC2CCCC2)ccc1[N+](=O)[O-]. The van der Waals surface area contributed by atoms with E-state index in [1.807, 2.05) is 0 Å². The van der Waals surface area contributed by atoms with Crippen molar-refractivity contribution in [1.82, 2.24) is 5.32 Å². The topological polar surface area (TPSA) is 72.2 Å². The van der Waals surface area contributed by atoms with Gasteiger partial charge < -0.3 is 5.32 Å². The van der Waals surface area contributed by atoms with Gasteiger partial charge in [-0.25, -0.2) is 0 Å². The van der Waals surface area contributed by atoms with E-state index in [0.717, 1.165) is 25.7 Å². The standard InChI is InChI=1S/C13H16N2O3/c1-9-8-10(6-7-12(9)15(17)18)13(16)14-11-4-2-3-5-11/h6-8,11H,2-5H2,1H3,(H,14,16). The van der Waals surface area contributed by atoms with E-state index in [1.54, 1.807) is 13.0 Å². The third kappa shape index (κ3) is 2.67. The number of nitro groups is 1. The Bertz CT molecular complexity index is 479. The van der Waals surface area contributed by atoms with Gasteiger partial charge in [-0.3, -0.25) is 14.9 Å². The van der Waals surface area contributed by atoms with Crippen molar-refractivity contribution in [3.05, 3.63) is 39.4 Å². The lowest BCUT2D eigenvalue weighted by atomic mass is 10.1. The van der Waals surface area contributed by atoms with E-state index in [9.17, 15) is 14.9 Å². The first kappa shape index (κ1) is 12.5. The summed E-state index contributed by atoms with van der Waals surface area (Å²) in [4.78, 5) is 22.2. The predicted molar refractivity (Wildman–Crippen MR) is 67.6 cm³/mol. The molecule has 0 aromatic heterocycles. The second-order valence-corrected chi connectivity index (χ2v) is 4.71. The zero-order valence-electron chi connectivity index (χ0n) is 10.3. The first-order chi connectivity index (χ1) is 8.58.